The Hall–Kier alpha value is -2.51. The van der Waals surface area contributed by atoms with Crippen LogP contribution in [0.5, 0.6) is 0 Å². The Morgan fingerprint density at radius 1 is 1.35 bits per heavy atom. The molecule has 0 aliphatic heterocycles. The first-order valence-corrected chi connectivity index (χ1v) is 7.65. The van der Waals surface area contributed by atoms with Gasteiger partial charge in [-0.1, -0.05) is 23.7 Å². The SMILES string of the molecule is O=C(C=C(O)c1nc[nH]n1)c1ccoc1Sc1ccccc1Cl. The molecule has 0 saturated carbocycles. The Balaban J connectivity index is 1.85. The molecule has 0 saturated heterocycles. The Kier molecular flexibility index (Phi) is 4.50. The average Bonchev–Trinajstić information content (AvgIpc) is 3.20. The summed E-state index contributed by atoms with van der Waals surface area (Å²) in [6, 6.07) is 8.77. The maximum Gasteiger partial charge on any atom is 0.215 e. The van der Waals surface area contributed by atoms with Crippen molar-refractivity contribution in [3.63, 3.8) is 0 Å². The number of halogens is 1. The van der Waals surface area contributed by atoms with Crippen LogP contribution in [0.1, 0.15) is 16.2 Å². The van der Waals surface area contributed by atoms with Crippen molar-refractivity contribution < 1.29 is 14.3 Å². The molecule has 0 atom stereocenters. The van der Waals surface area contributed by atoms with E-state index in [4.69, 9.17) is 16.0 Å². The van der Waals surface area contributed by atoms with E-state index in [0.717, 1.165) is 11.0 Å². The predicted molar refractivity (Wildman–Crippen MR) is 85.6 cm³/mol. The fourth-order valence-corrected chi connectivity index (χ4v) is 2.93. The number of aromatic amines is 1. The molecule has 3 rings (SSSR count). The third-order valence-corrected chi connectivity index (χ3v) is 4.37. The van der Waals surface area contributed by atoms with Gasteiger partial charge < -0.3 is 9.52 Å². The Morgan fingerprint density at radius 3 is 2.91 bits per heavy atom. The summed E-state index contributed by atoms with van der Waals surface area (Å²) in [7, 11) is 0. The van der Waals surface area contributed by atoms with Crippen molar-refractivity contribution in [1.29, 1.82) is 0 Å². The van der Waals surface area contributed by atoms with E-state index < -0.39 is 5.78 Å². The first-order valence-electron chi connectivity index (χ1n) is 6.46. The lowest BCUT2D eigenvalue weighted by molar-refractivity contribution is 0.104. The summed E-state index contributed by atoms with van der Waals surface area (Å²) >= 11 is 7.34. The van der Waals surface area contributed by atoms with E-state index in [9.17, 15) is 9.90 Å². The van der Waals surface area contributed by atoms with Crippen LogP contribution in [-0.4, -0.2) is 26.1 Å². The highest BCUT2D eigenvalue weighted by molar-refractivity contribution is 7.99. The molecular formula is C15H10ClN3O3S. The molecule has 0 amide bonds. The van der Waals surface area contributed by atoms with Gasteiger partial charge in [-0.2, -0.15) is 5.10 Å². The molecule has 2 aromatic heterocycles. The summed E-state index contributed by atoms with van der Waals surface area (Å²) in [6.07, 6.45) is 3.76. The first kappa shape index (κ1) is 15.4. The molecule has 0 fully saturated rings. The van der Waals surface area contributed by atoms with E-state index in [-0.39, 0.29) is 11.6 Å². The number of aromatic nitrogens is 3. The standard InChI is InChI=1S/C15H10ClN3O3S/c16-10-3-1-2-4-13(10)23-15-9(5-6-22-15)11(20)7-12(21)14-17-8-18-19-14/h1-8,21H,(H,17,18,19). The Labute approximate surface area is 140 Å². The zero-order chi connectivity index (χ0) is 16.2. The molecule has 3 aromatic rings. The number of hydrogen-bond donors (Lipinski definition) is 2. The smallest absolute Gasteiger partial charge is 0.215 e. The lowest BCUT2D eigenvalue weighted by Gasteiger charge is -2.02. The molecule has 6 nitrogen and oxygen atoms in total. The first-order chi connectivity index (χ1) is 11.1. The highest BCUT2D eigenvalue weighted by atomic mass is 35.5. The van der Waals surface area contributed by atoms with E-state index in [2.05, 4.69) is 15.2 Å². The second-order valence-corrected chi connectivity index (χ2v) is 5.79. The topological polar surface area (TPSA) is 92.0 Å². The van der Waals surface area contributed by atoms with Crippen LogP contribution in [0.4, 0.5) is 0 Å². The van der Waals surface area contributed by atoms with Gasteiger partial charge >= 0.3 is 0 Å². The lowest BCUT2D eigenvalue weighted by Crippen LogP contribution is -1.97. The molecule has 8 heteroatoms. The van der Waals surface area contributed by atoms with E-state index in [1.165, 1.54) is 30.4 Å². The van der Waals surface area contributed by atoms with Gasteiger partial charge in [-0.25, -0.2) is 4.98 Å². The van der Waals surface area contributed by atoms with Gasteiger partial charge in [0.2, 0.25) is 5.82 Å². The molecule has 0 spiro atoms. The van der Waals surface area contributed by atoms with Crippen molar-refractivity contribution in [3.8, 4) is 0 Å². The third-order valence-electron chi connectivity index (χ3n) is 2.85. The molecule has 0 bridgehead atoms. The van der Waals surface area contributed by atoms with Crippen molar-refractivity contribution in [1.82, 2.24) is 15.2 Å². The van der Waals surface area contributed by atoms with Gasteiger partial charge in [0.25, 0.3) is 0 Å². The number of nitrogens with zero attached hydrogens (tertiary/aromatic N) is 2. The van der Waals surface area contributed by atoms with Crippen LogP contribution < -0.4 is 0 Å². The summed E-state index contributed by atoms with van der Waals surface area (Å²) in [5.41, 5.74) is 0.317. The van der Waals surface area contributed by atoms with Crippen LogP contribution in [0.3, 0.4) is 0 Å². The van der Waals surface area contributed by atoms with Crippen molar-refractivity contribution in [2.75, 3.05) is 0 Å². The summed E-state index contributed by atoms with van der Waals surface area (Å²) in [5, 5.41) is 17.0. The van der Waals surface area contributed by atoms with Crippen LogP contribution in [0, 0.1) is 0 Å². The maximum atomic E-state index is 12.3. The summed E-state index contributed by atoms with van der Waals surface area (Å²) in [4.78, 5) is 16.8. The number of hydrogen-bond acceptors (Lipinski definition) is 6. The molecule has 23 heavy (non-hydrogen) atoms. The van der Waals surface area contributed by atoms with Gasteiger partial charge in [0, 0.05) is 11.0 Å². The Morgan fingerprint density at radius 2 is 2.17 bits per heavy atom. The highest BCUT2D eigenvalue weighted by Gasteiger charge is 2.17. The number of ketones is 1. The van der Waals surface area contributed by atoms with Crippen LogP contribution >= 0.6 is 23.4 Å². The van der Waals surface area contributed by atoms with E-state index in [1.54, 1.807) is 6.07 Å². The quantitative estimate of drug-likeness (QED) is 0.412. The largest absolute Gasteiger partial charge is 0.504 e. The normalized spacial score (nSPS) is 11.6. The molecule has 116 valence electrons. The van der Waals surface area contributed by atoms with E-state index >= 15 is 0 Å². The number of rotatable bonds is 5. The number of nitrogens with one attached hydrogen (secondary N) is 1. The monoisotopic (exact) mass is 347 g/mol. The van der Waals surface area contributed by atoms with Crippen molar-refractivity contribution in [3.05, 3.63) is 65.4 Å². The minimum absolute atomic E-state index is 0.0437. The number of carbonyl (C=O) groups is 1. The van der Waals surface area contributed by atoms with Gasteiger partial charge in [0.1, 0.15) is 6.33 Å². The highest BCUT2D eigenvalue weighted by Crippen LogP contribution is 2.35. The molecule has 2 heterocycles. The molecule has 0 aliphatic rings. The predicted octanol–water partition coefficient (Wildman–Crippen LogP) is 3.98. The average molecular weight is 348 g/mol. The van der Waals surface area contributed by atoms with Crippen molar-refractivity contribution >= 4 is 34.9 Å². The zero-order valence-corrected chi connectivity index (χ0v) is 13.1. The molecular weight excluding hydrogens is 338 g/mol. The lowest BCUT2D eigenvalue weighted by atomic mass is 10.2. The number of carbonyl (C=O) groups excluding carboxylic acids is 1. The molecule has 2 N–H and O–H groups in total. The fourth-order valence-electron chi connectivity index (χ4n) is 1.78. The minimum atomic E-state index is -0.421. The van der Waals surface area contributed by atoms with Gasteiger partial charge in [-0.05, 0) is 30.0 Å². The summed E-state index contributed by atoms with van der Waals surface area (Å²) in [6.45, 7) is 0. The van der Waals surface area contributed by atoms with Crippen LogP contribution in [0.2, 0.25) is 5.02 Å². The zero-order valence-electron chi connectivity index (χ0n) is 11.6. The van der Waals surface area contributed by atoms with Crippen LogP contribution in [0.15, 0.2) is 63.4 Å². The summed E-state index contributed by atoms with van der Waals surface area (Å²) in [5.74, 6) is -0.705. The molecule has 1 aromatic carbocycles. The van der Waals surface area contributed by atoms with Gasteiger partial charge in [0.15, 0.2) is 16.6 Å². The summed E-state index contributed by atoms with van der Waals surface area (Å²) < 4.78 is 5.35. The minimum Gasteiger partial charge on any atom is -0.504 e. The number of aliphatic hydroxyl groups excluding tert-OH is 1. The van der Waals surface area contributed by atoms with Crippen molar-refractivity contribution in [2.45, 2.75) is 9.99 Å². The van der Waals surface area contributed by atoms with Crippen LogP contribution in [0.25, 0.3) is 5.76 Å². The van der Waals surface area contributed by atoms with E-state index in [0.29, 0.717) is 15.7 Å². The number of furan rings is 1. The maximum absolute atomic E-state index is 12.3. The molecule has 0 aliphatic carbocycles. The van der Waals surface area contributed by atoms with Crippen molar-refractivity contribution in [2.24, 2.45) is 0 Å². The number of H-pyrrole nitrogens is 1. The number of aliphatic hydroxyl groups is 1. The second kappa shape index (κ2) is 6.72. The van der Waals surface area contributed by atoms with Gasteiger partial charge in [0.05, 0.1) is 16.8 Å². The molecule has 0 unspecified atom stereocenters. The number of allylic oxidation sites excluding steroid dienone is 1. The van der Waals surface area contributed by atoms with Gasteiger partial charge in [-0.15, -0.1) is 0 Å². The molecule has 0 radical (unpaired) electrons. The van der Waals surface area contributed by atoms with Crippen LogP contribution in [-0.2, 0) is 0 Å². The van der Waals surface area contributed by atoms with E-state index in [1.807, 2.05) is 18.2 Å². The Bertz CT molecular complexity index is 858. The fraction of sp³-hybridized carbons (Fsp3) is 0. The van der Waals surface area contributed by atoms with Gasteiger partial charge in [-0.3, -0.25) is 9.89 Å². The third kappa shape index (κ3) is 3.46. The second-order valence-electron chi connectivity index (χ2n) is 4.37. The number of benzene rings is 1.